The van der Waals surface area contributed by atoms with Gasteiger partial charge in [0.2, 0.25) is 11.1 Å². The number of aromatic amines is 1. The van der Waals surface area contributed by atoms with Crippen LogP contribution in [0.5, 0.6) is 0 Å². The molecule has 3 N–H and O–H groups in total. The number of H-pyrrole nitrogens is 1. The van der Waals surface area contributed by atoms with Crippen LogP contribution in [0.25, 0.3) is 22.2 Å². The van der Waals surface area contributed by atoms with Gasteiger partial charge in [0.25, 0.3) is 0 Å². The van der Waals surface area contributed by atoms with Gasteiger partial charge in [-0.3, -0.25) is 5.32 Å². The van der Waals surface area contributed by atoms with Crippen LogP contribution in [0, 0.1) is 5.53 Å². The normalized spacial score (nSPS) is 10.4. The van der Waals surface area contributed by atoms with Crippen molar-refractivity contribution in [2.45, 2.75) is 0 Å². The highest BCUT2D eigenvalue weighted by molar-refractivity contribution is 7.80. The predicted molar refractivity (Wildman–Crippen MR) is 82.9 cm³/mol. The SMILES string of the molecule is N=NC(=S)Nc1nc2ccc(-c3ccccc3)cc2[nH]1. The first-order chi connectivity index (χ1) is 9.76. The fourth-order valence-corrected chi connectivity index (χ4v) is 2.10. The number of rotatable bonds is 2. The van der Waals surface area contributed by atoms with Gasteiger partial charge in [-0.25, -0.2) is 10.5 Å². The molecular weight excluding hydrogens is 270 g/mol. The molecule has 0 amide bonds. The Hall–Kier alpha value is -2.60. The van der Waals surface area contributed by atoms with Gasteiger partial charge in [0.05, 0.1) is 11.0 Å². The van der Waals surface area contributed by atoms with Crippen LogP contribution < -0.4 is 5.32 Å². The van der Waals surface area contributed by atoms with Crippen molar-refractivity contribution < 1.29 is 0 Å². The van der Waals surface area contributed by atoms with Crippen LogP contribution in [-0.2, 0) is 0 Å². The summed E-state index contributed by atoms with van der Waals surface area (Å²) in [6.45, 7) is 0. The average molecular weight is 281 g/mol. The third-order valence-electron chi connectivity index (χ3n) is 2.92. The average Bonchev–Trinajstić information content (AvgIpc) is 2.89. The molecule has 0 unspecified atom stereocenters. The summed E-state index contributed by atoms with van der Waals surface area (Å²) in [4.78, 5) is 7.46. The minimum Gasteiger partial charge on any atom is -0.324 e. The molecule has 0 fully saturated rings. The first-order valence-electron chi connectivity index (χ1n) is 6.00. The highest BCUT2D eigenvalue weighted by atomic mass is 32.1. The Labute approximate surface area is 120 Å². The second kappa shape index (κ2) is 5.18. The van der Waals surface area contributed by atoms with E-state index in [9.17, 15) is 0 Å². The number of nitrogens with one attached hydrogen (secondary N) is 3. The van der Waals surface area contributed by atoms with Crippen molar-refractivity contribution in [1.29, 1.82) is 5.53 Å². The summed E-state index contributed by atoms with van der Waals surface area (Å²) in [5.41, 5.74) is 10.8. The molecule has 1 heterocycles. The zero-order valence-corrected chi connectivity index (χ0v) is 11.2. The quantitative estimate of drug-likeness (QED) is 0.491. The summed E-state index contributed by atoms with van der Waals surface area (Å²) in [5.74, 6) is 0.492. The number of benzene rings is 2. The maximum absolute atomic E-state index is 6.82. The van der Waals surface area contributed by atoms with Crippen molar-refractivity contribution in [3.8, 4) is 11.1 Å². The third-order valence-corrected chi connectivity index (χ3v) is 3.11. The van der Waals surface area contributed by atoms with Gasteiger partial charge in [-0.15, -0.1) is 5.11 Å². The minimum atomic E-state index is 0.0762. The summed E-state index contributed by atoms with van der Waals surface area (Å²) in [7, 11) is 0. The van der Waals surface area contributed by atoms with Gasteiger partial charge >= 0.3 is 0 Å². The second-order valence-electron chi connectivity index (χ2n) is 4.23. The van der Waals surface area contributed by atoms with Gasteiger partial charge in [-0.05, 0) is 35.5 Å². The molecule has 0 aliphatic rings. The van der Waals surface area contributed by atoms with Gasteiger partial charge in [-0.1, -0.05) is 36.4 Å². The number of hydrogen-bond acceptors (Lipinski definition) is 3. The van der Waals surface area contributed by atoms with Crippen LogP contribution in [0.1, 0.15) is 0 Å². The van der Waals surface area contributed by atoms with Crippen LogP contribution in [0.2, 0.25) is 0 Å². The summed E-state index contributed by atoms with van der Waals surface area (Å²) in [6.07, 6.45) is 0. The molecule has 0 aliphatic carbocycles. The van der Waals surface area contributed by atoms with E-state index in [2.05, 4.69) is 32.5 Å². The minimum absolute atomic E-state index is 0.0762. The molecule has 6 heteroatoms. The monoisotopic (exact) mass is 281 g/mol. The lowest BCUT2D eigenvalue weighted by atomic mass is 10.1. The first kappa shape index (κ1) is 12.4. The summed E-state index contributed by atoms with van der Waals surface area (Å²) in [6, 6.07) is 16.1. The van der Waals surface area contributed by atoms with E-state index in [4.69, 9.17) is 17.7 Å². The molecule has 0 radical (unpaired) electrons. The predicted octanol–water partition coefficient (Wildman–Crippen LogP) is 3.96. The second-order valence-corrected chi connectivity index (χ2v) is 4.61. The van der Waals surface area contributed by atoms with E-state index in [-0.39, 0.29) is 5.11 Å². The van der Waals surface area contributed by atoms with E-state index < -0.39 is 0 Å². The van der Waals surface area contributed by atoms with Gasteiger partial charge in [0.15, 0.2) is 0 Å². The Balaban J connectivity index is 1.99. The van der Waals surface area contributed by atoms with Gasteiger partial charge in [-0.2, -0.15) is 0 Å². The van der Waals surface area contributed by atoms with E-state index in [0.717, 1.165) is 22.2 Å². The smallest absolute Gasteiger partial charge is 0.219 e. The topological polar surface area (TPSA) is 76.9 Å². The molecule has 0 saturated heterocycles. The van der Waals surface area contributed by atoms with Crippen molar-refractivity contribution in [3.05, 3.63) is 48.5 Å². The number of fused-ring (bicyclic) bond motifs is 1. The van der Waals surface area contributed by atoms with Crippen molar-refractivity contribution in [3.63, 3.8) is 0 Å². The molecule has 1 aromatic heterocycles. The van der Waals surface area contributed by atoms with Crippen LogP contribution >= 0.6 is 12.2 Å². The maximum atomic E-state index is 6.82. The standard InChI is InChI=1S/C14H11N5S/c15-19-14(20)18-13-16-11-7-6-10(8-12(11)17-13)9-4-2-1-3-5-9/h1-8,15H,(H2,16,17,18,20). The highest BCUT2D eigenvalue weighted by Gasteiger charge is 2.05. The van der Waals surface area contributed by atoms with E-state index >= 15 is 0 Å². The van der Waals surface area contributed by atoms with Crippen LogP contribution in [-0.4, -0.2) is 15.1 Å². The first-order valence-corrected chi connectivity index (χ1v) is 6.41. The summed E-state index contributed by atoms with van der Waals surface area (Å²) in [5, 5.41) is 5.96. The number of hydrogen-bond donors (Lipinski definition) is 3. The Kier molecular flexibility index (Phi) is 3.22. The number of aromatic nitrogens is 2. The van der Waals surface area contributed by atoms with Crippen LogP contribution in [0.15, 0.2) is 53.6 Å². The lowest BCUT2D eigenvalue weighted by Crippen LogP contribution is -2.05. The van der Waals surface area contributed by atoms with Crippen LogP contribution in [0.4, 0.5) is 5.95 Å². The maximum Gasteiger partial charge on any atom is 0.219 e. The summed E-state index contributed by atoms with van der Waals surface area (Å²) < 4.78 is 0. The van der Waals surface area contributed by atoms with Crippen molar-refractivity contribution in [1.82, 2.24) is 9.97 Å². The fourth-order valence-electron chi connectivity index (χ4n) is 2.01. The molecule has 0 bridgehead atoms. The van der Waals surface area contributed by atoms with E-state index in [1.54, 1.807) is 0 Å². The Morgan fingerprint density at radius 1 is 1.15 bits per heavy atom. The van der Waals surface area contributed by atoms with Gasteiger partial charge in [0.1, 0.15) is 0 Å². The molecule has 0 saturated carbocycles. The molecule has 3 rings (SSSR count). The van der Waals surface area contributed by atoms with E-state index in [1.165, 1.54) is 0 Å². The third kappa shape index (κ3) is 2.41. The molecular formula is C14H11N5S. The molecule has 98 valence electrons. The van der Waals surface area contributed by atoms with Gasteiger partial charge < -0.3 is 4.98 Å². The van der Waals surface area contributed by atoms with Crippen molar-refractivity contribution >= 4 is 34.3 Å². The zero-order valence-electron chi connectivity index (χ0n) is 10.4. The molecule has 0 spiro atoms. The molecule has 0 aliphatic heterocycles. The van der Waals surface area contributed by atoms with E-state index in [1.807, 2.05) is 36.4 Å². The fraction of sp³-hybridized carbons (Fsp3) is 0. The number of nitrogens with zero attached hydrogens (tertiary/aromatic N) is 2. The molecule has 3 aromatic rings. The number of thiocarbonyl (C=S) groups is 1. The Morgan fingerprint density at radius 2 is 1.95 bits per heavy atom. The molecule has 5 nitrogen and oxygen atoms in total. The Bertz CT molecular complexity index is 779. The summed E-state index contributed by atoms with van der Waals surface area (Å²) >= 11 is 4.82. The van der Waals surface area contributed by atoms with Crippen molar-refractivity contribution in [2.24, 2.45) is 5.11 Å². The van der Waals surface area contributed by atoms with E-state index in [0.29, 0.717) is 5.95 Å². The zero-order chi connectivity index (χ0) is 13.9. The highest BCUT2D eigenvalue weighted by Crippen LogP contribution is 2.24. The number of imidazole rings is 1. The molecule has 20 heavy (non-hydrogen) atoms. The van der Waals surface area contributed by atoms with Crippen molar-refractivity contribution in [2.75, 3.05) is 5.32 Å². The lowest BCUT2D eigenvalue weighted by Gasteiger charge is -2.00. The largest absolute Gasteiger partial charge is 0.324 e. The number of anilines is 1. The lowest BCUT2D eigenvalue weighted by molar-refractivity contribution is 1.19. The Morgan fingerprint density at radius 3 is 2.70 bits per heavy atom. The van der Waals surface area contributed by atoms with Crippen LogP contribution in [0.3, 0.4) is 0 Å². The molecule has 2 aromatic carbocycles. The molecule has 0 atom stereocenters. The van der Waals surface area contributed by atoms with Gasteiger partial charge in [0, 0.05) is 0 Å².